The number of nitriles is 1. The molecule has 0 fully saturated rings. The molecule has 1 heterocycles. The number of rotatable bonds is 3. The van der Waals surface area contributed by atoms with Crippen molar-refractivity contribution in [3.63, 3.8) is 0 Å². The van der Waals surface area contributed by atoms with Gasteiger partial charge in [0.1, 0.15) is 11.6 Å². The van der Waals surface area contributed by atoms with E-state index in [0.717, 1.165) is 24.3 Å². The molecule has 98 valence electrons. The lowest BCUT2D eigenvalue weighted by molar-refractivity contribution is 0.867. The van der Waals surface area contributed by atoms with Crippen LogP contribution in [0.15, 0.2) is 23.0 Å². The zero-order valence-electron chi connectivity index (χ0n) is 11.4. The first kappa shape index (κ1) is 13.2. The molecule has 2 rings (SSSR count). The Labute approximate surface area is 112 Å². The molecule has 0 amide bonds. The predicted molar refractivity (Wildman–Crippen MR) is 77.6 cm³/mol. The van der Waals surface area contributed by atoms with Crippen LogP contribution < -0.4 is 10.3 Å². The molecule has 2 aromatic rings. The molecule has 1 aromatic heterocycles. The standard InChI is InChI=1S/C15H17N3O/c1-4-18(5-2)11-6-7-14-12(8-11)15(19)13(9-16)10(3)17-14/h6-8H,4-5H2,1-3H3,(H,17,19). The summed E-state index contributed by atoms with van der Waals surface area (Å²) in [6.45, 7) is 7.67. The summed E-state index contributed by atoms with van der Waals surface area (Å²) >= 11 is 0. The first-order valence-electron chi connectivity index (χ1n) is 6.44. The number of nitrogens with zero attached hydrogens (tertiary/aromatic N) is 2. The molecule has 0 atom stereocenters. The Hall–Kier alpha value is -2.28. The first-order valence-corrected chi connectivity index (χ1v) is 6.44. The van der Waals surface area contributed by atoms with Crippen molar-refractivity contribution in [2.24, 2.45) is 0 Å². The highest BCUT2D eigenvalue weighted by Gasteiger charge is 2.10. The van der Waals surface area contributed by atoms with Crippen molar-refractivity contribution >= 4 is 16.6 Å². The van der Waals surface area contributed by atoms with Crippen LogP contribution in [0.2, 0.25) is 0 Å². The lowest BCUT2D eigenvalue weighted by atomic mass is 10.1. The molecule has 4 nitrogen and oxygen atoms in total. The SMILES string of the molecule is CCN(CC)c1ccc2[nH]c(C)c(C#N)c(=O)c2c1. The van der Waals surface area contributed by atoms with Crippen LogP contribution in [-0.4, -0.2) is 18.1 Å². The molecule has 0 bridgehead atoms. The van der Waals surface area contributed by atoms with Gasteiger partial charge in [-0.15, -0.1) is 0 Å². The zero-order valence-corrected chi connectivity index (χ0v) is 11.4. The van der Waals surface area contributed by atoms with Gasteiger partial charge in [-0.05, 0) is 39.0 Å². The maximum Gasteiger partial charge on any atom is 0.207 e. The minimum absolute atomic E-state index is 0.192. The second kappa shape index (κ2) is 5.15. The van der Waals surface area contributed by atoms with E-state index in [1.54, 1.807) is 6.92 Å². The van der Waals surface area contributed by atoms with Crippen molar-refractivity contribution in [3.05, 3.63) is 39.7 Å². The Morgan fingerprint density at radius 3 is 2.58 bits per heavy atom. The Kier molecular flexibility index (Phi) is 3.57. The number of aryl methyl sites for hydroxylation is 1. The van der Waals surface area contributed by atoms with Gasteiger partial charge in [-0.3, -0.25) is 4.79 Å². The fourth-order valence-electron chi connectivity index (χ4n) is 2.32. The summed E-state index contributed by atoms with van der Waals surface area (Å²) in [5.74, 6) is 0. The van der Waals surface area contributed by atoms with Gasteiger partial charge < -0.3 is 9.88 Å². The number of hydrogen-bond acceptors (Lipinski definition) is 3. The van der Waals surface area contributed by atoms with Gasteiger partial charge in [0.05, 0.1) is 0 Å². The van der Waals surface area contributed by atoms with Crippen LogP contribution in [0.3, 0.4) is 0 Å². The second-order valence-corrected chi connectivity index (χ2v) is 4.47. The van der Waals surface area contributed by atoms with Crippen LogP contribution >= 0.6 is 0 Å². The molecule has 0 saturated heterocycles. The minimum atomic E-state index is -0.192. The highest BCUT2D eigenvalue weighted by Crippen LogP contribution is 2.19. The third-order valence-electron chi connectivity index (χ3n) is 3.41. The average molecular weight is 255 g/mol. The number of nitrogens with one attached hydrogen (secondary N) is 1. The maximum atomic E-state index is 12.3. The molecule has 0 unspecified atom stereocenters. The molecule has 0 saturated carbocycles. The van der Waals surface area contributed by atoms with Gasteiger partial charge >= 0.3 is 0 Å². The van der Waals surface area contributed by atoms with Crippen molar-refractivity contribution < 1.29 is 0 Å². The van der Waals surface area contributed by atoms with E-state index < -0.39 is 0 Å². The number of aromatic nitrogens is 1. The lowest BCUT2D eigenvalue weighted by Gasteiger charge is -2.21. The van der Waals surface area contributed by atoms with Crippen LogP contribution in [0.1, 0.15) is 25.1 Å². The second-order valence-electron chi connectivity index (χ2n) is 4.47. The molecular weight excluding hydrogens is 238 g/mol. The van der Waals surface area contributed by atoms with Crippen LogP contribution in [0.4, 0.5) is 5.69 Å². The summed E-state index contributed by atoms with van der Waals surface area (Å²) in [7, 11) is 0. The van der Waals surface area contributed by atoms with Crippen molar-refractivity contribution in [2.45, 2.75) is 20.8 Å². The van der Waals surface area contributed by atoms with E-state index in [-0.39, 0.29) is 11.0 Å². The number of anilines is 1. The number of hydrogen-bond donors (Lipinski definition) is 1. The summed E-state index contributed by atoms with van der Waals surface area (Å²) in [4.78, 5) is 17.6. The highest BCUT2D eigenvalue weighted by atomic mass is 16.1. The quantitative estimate of drug-likeness (QED) is 0.916. The molecule has 0 aliphatic carbocycles. The summed E-state index contributed by atoms with van der Waals surface area (Å²) in [6.07, 6.45) is 0. The van der Waals surface area contributed by atoms with Gasteiger partial charge in [0.15, 0.2) is 0 Å². The van der Waals surface area contributed by atoms with Crippen molar-refractivity contribution in [1.29, 1.82) is 5.26 Å². The molecule has 0 spiro atoms. The number of aromatic amines is 1. The summed E-state index contributed by atoms with van der Waals surface area (Å²) in [5, 5.41) is 9.62. The van der Waals surface area contributed by atoms with Crippen LogP contribution in [0.25, 0.3) is 10.9 Å². The van der Waals surface area contributed by atoms with Gasteiger partial charge in [0.25, 0.3) is 0 Å². The largest absolute Gasteiger partial charge is 0.372 e. The average Bonchev–Trinajstić information content (AvgIpc) is 2.41. The zero-order chi connectivity index (χ0) is 14.0. The minimum Gasteiger partial charge on any atom is -0.372 e. The molecule has 0 radical (unpaired) electrons. The third kappa shape index (κ3) is 2.19. The molecule has 4 heteroatoms. The van der Waals surface area contributed by atoms with Gasteiger partial charge in [-0.2, -0.15) is 5.26 Å². The van der Waals surface area contributed by atoms with E-state index in [1.165, 1.54) is 0 Å². The van der Waals surface area contributed by atoms with Crippen molar-refractivity contribution in [3.8, 4) is 6.07 Å². The molecular formula is C15H17N3O. The van der Waals surface area contributed by atoms with Gasteiger partial charge in [0.2, 0.25) is 5.43 Å². The fraction of sp³-hybridized carbons (Fsp3) is 0.333. The predicted octanol–water partition coefficient (Wildman–Crippen LogP) is 2.55. The maximum absolute atomic E-state index is 12.3. The van der Waals surface area contributed by atoms with Gasteiger partial charge in [0, 0.05) is 35.4 Å². The number of fused-ring (bicyclic) bond motifs is 1. The molecule has 0 aliphatic rings. The first-order chi connectivity index (χ1) is 9.12. The smallest absolute Gasteiger partial charge is 0.207 e. The van der Waals surface area contributed by atoms with Crippen LogP contribution in [-0.2, 0) is 0 Å². The molecule has 19 heavy (non-hydrogen) atoms. The molecule has 0 aliphatic heterocycles. The van der Waals surface area contributed by atoms with Gasteiger partial charge in [-0.1, -0.05) is 0 Å². The lowest BCUT2D eigenvalue weighted by Crippen LogP contribution is -2.22. The Morgan fingerprint density at radius 1 is 1.32 bits per heavy atom. The molecule has 1 N–H and O–H groups in total. The van der Waals surface area contributed by atoms with Crippen LogP contribution in [0, 0.1) is 18.3 Å². The van der Waals surface area contributed by atoms with E-state index in [1.807, 2.05) is 24.3 Å². The van der Waals surface area contributed by atoms with E-state index in [9.17, 15) is 4.79 Å². The van der Waals surface area contributed by atoms with E-state index in [2.05, 4.69) is 23.7 Å². The Morgan fingerprint density at radius 2 is 2.00 bits per heavy atom. The normalized spacial score (nSPS) is 10.4. The fourth-order valence-corrected chi connectivity index (χ4v) is 2.32. The third-order valence-corrected chi connectivity index (χ3v) is 3.41. The van der Waals surface area contributed by atoms with Crippen LogP contribution in [0.5, 0.6) is 0 Å². The molecule has 1 aromatic carbocycles. The summed E-state index contributed by atoms with van der Waals surface area (Å²) in [5.41, 5.74) is 2.41. The van der Waals surface area contributed by atoms with Crippen molar-refractivity contribution in [2.75, 3.05) is 18.0 Å². The van der Waals surface area contributed by atoms with Gasteiger partial charge in [-0.25, -0.2) is 0 Å². The Bertz CT molecular complexity index is 706. The Balaban J connectivity index is 2.73. The highest BCUT2D eigenvalue weighted by molar-refractivity contribution is 5.84. The monoisotopic (exact) mass is 255 g/mol. The van der Waals surface area contributed by atoms with E-state index >= 15 is 0 Å². The van der Waals surface area contributed by atoms with E-state index in [0.29, 0.717) is 11.1 Å². The summed E-state index contributed by atoms with van der Waals surface area (Å²) in [6, 6.07) is 7.74. The number of H-pyrrole nitrogens is 1. The topological polar surface area (TPSA) is 59.9 Å². The summed E-state index contributed by atoms with van der Waals surface area (Å²) < 4.78 is 0. The number of benzene rings is 1. The number of pyridine rings is 1. The van der Waals surface area contributed by atoms with E-state index in [4.69, 9.17) is 5.26 Å². The van der Waals surface area contributed by atoms with Crippen molar-refractivity contribution in [1.82, 2.24) is 4.98 Å².